The fourth-order valence-corrected chi connectivity index (χ4v) is 4.52. The van der Waals surface area contributed by atoms with Crippen molar-refractivity contribution in [3.8, 4) is 0 Å². The second-order valence-electron chi connectivity index (χ2n) is 5.86. The van der Waals surface area contributed by atoms with Gasteiger partial charge in [-0.25, -0.2) is 0 Å². The number of ether oxygens (including phenoxy) is 2. The smallest absolute Gasteiger partial charge is 0.0737 e. The van der Waals surface area contributed by atoms with E-state index in [0.29, 0.717) is 5.25 Å². The van der Waals surface area contributed by atoms with Gasteiger partial charge in [0, 0.05) is 35.7 Å². The lowest BCUT2D eigenvalue weighted by Gasteiger charge is -2.43. The minimum absolute atomic E-state index is 0.0623. The standard InChI is InChI=1S/C16H23NO2S/c1-12-3-2-4-14(15(12)17)20-13-5-8-19-16(11-13)6-9-18-10-7-16/h2-4,13H,5-11,17H2,1H3. The number of thioether (sulfide) groups is 1. The molecule has 0 saturated carbocycles. The van der Waals surface area contributed by atoms with E-state index < -0.39 is 0 Å². The van der Waals surface area contributed by atoms with E-state index in [2.05, 4.69) is 25.1 Å². The molecule has 0 bridgehead atoms. The molecule has 2 aliphatic heterocycles. The lowest BCUT2D eigenvalue weighted by Crippen LogP contribution is -2.45. The minimum Gasteiger partial charge on any atom is -0.398 e. The molecular formula is C16H23NO2S. The Morgan fingerprint density at radius 2 is 2.05 bits per heavy atom. The van der Waals surface area contributed by atoms with Crippen molar-refractivity contribution < 1.29 is 9.47 Å². The fraction of sp³-hybridized carbons (Fsp3) is 0.625. The third-order valence-electron chi connectivity index (χ3n) is 4.43. The molecule has 2 fully saturated rings. The van der Waals surface area contributed by atoms with Gasteiger partial charge in [0.05, 0.1) is 5.60 Å². The fourth-order valence-electron chi connectivity index (χ4n) is 3.11. The Hall–Kier alpha value is -0.710. The number of hydrogen-bond donors (Lipinski definition) is 1. The summed E-state index contributed by atoms with van der Waals surface area (Å²) in [6.07, 6.45) is 4.30. The lowest BCUT2D eigenvalue weighted by molar-refractivity contribution is -0.131. The first-order chi connectivity index (χ1) is 9.69. The van der Waals surface area contributed by atoms with Crippen molar-refractivity contribution in [3.05, 3.63) is 23.8 Å². The summed E-state index contributed by atoms with van der Waals surface area (Å²) in [4.78, 5) is 1.22. The van der Waals surface area contributed by atoms with Crippen molar-refractivity contribution in [1.82, 2.24) is 0 Å². The molecule has 3 rings (SSSR count). The van der Waals surface area contributed by atoms with Crippen molar-refractivity contribution in [1.29, 1.82) is 0 Å². The Kier molecular flexibility index (Phi) is 4.24. The highest BCUT2D eigenvalue weighted by molar-refractivity contribution is 8.00. The summed E-state index contributed by atoms with van der Waals surface area (Å²) in [5.41, 5.74) is 8.36. The number of para-hydroxylation sites is 1. The van der Waals surface area contributed by atoms with Crippen LogP contribution in [0.5, 0.6) is 0 Å². The quantitative estimate of drug-likeness (QED) is 0.849. The molecule has 110 valence electrons. The third-order valence-corrected chi connectivity index (χ3v) is 5.78. The molecule has 2 N–H and O–H groups in total. The SMILES string of the molecule is Cc1cccc(SC2CCOC3(CCOCC3)C2)c1N. The van der Waals surface area contributed by atoms with Crippen LogP contribution in [0.4, 0.5) is 5.69 Å². The maximum Gasteiger partial charge on any atom is 0.0737 e. The summed E-state index contributed by atoms with van der Waals surface area (Å²) < 4.78 is 11.6. The number of benzene rings is 1. The third kappa shape index (κ3) is 2.97. The largest absolute Gasteiger partial charge is 0.398 e. The van der Waals surface area contributed by atoms with Gasteiger partial charge >= 0.3 is 0 Å². The first-order valence-corrected chi connectivity index (χ1v) is 8.30. The lowest BCUT2D eigenvalue weighted by atomic mass is 9.86. The molecule has 20 heavy (non-hydrogen) atoms. The van der Waals surface area contributed by atoms with Crippen molar-refractivity contribution in [2.75, 3.05) is 25.6 Å². The maximum absolute atomic E-state index is 6.20. The van der Waals surface area contributed by atoms with Crippen molar-refractivity contribution in [2.24, 2.45) is 0 Å². The van der Waals surface area contributed by atoms with E-state index in [0.717, 1.165) is 51.2 Å². The topological polar surface area (TPSA) is 44.5 Å². The highest BCUT2D eigenvalue weighted by atomic mass is 32.2. The van der Waals surface area contributed by atoms with Crippen LogP contribution in [0, 0.1) is 6.92 Å². The highest BCUT2D eigenvalue weighted by Crippen LogP contribution is 2.42. The molecule has 2 saturated heterocycles. The Morgan fingerprint density at radius 1 is 1.25 bits per heavy atom. The summed E-state index contributed by atoms with van der Waals surface area (Å²) in [6, 6.07) is 6.31. The number of nitrogen functional groups attached to an aromatic ring is 1. The number of nitrogens with two attached hydrogens (primary N) is 1. The molecule has 1 aromatic carbocycles. The van der Waals surface area contributed by atoms with Gasteiger partial charge in [-0.3, -0.25) is 0 Å². The summed E-state index contributed by atoms with van der Waals surface area (Å²) in [6.45, 7) is 4.61. The van der Waals surface area contributed by atoms with Crippen molar-refractivity contribution in [3.63, 3.8) is 0 Å². The maximum atomic E-state index is 6.20. The summed E-state index contributed by atoms with van der Waals surface area (Å²) in [7, 11) is 0. The van der Waals surface area contributed by atoms with Crippen LogP contribution in [0.2, 0.25) is 0 Å². The van der Waals surface area contributed by atoms with E-state index >= 15 is 0 Å². The van der Waals surface area contributed by atoms with Gasteiger partial charge in [0.15, 0.2) is 0 Å². The molecule has 0 aromatic heterocycles. The number of anilines is 1. The molecule has 4 heteroatoms. The van der Waals surface area contributed by atoms with Crippen LogP contribution in [0.25, 0.3) is 0 Å². The summed E-state index contributed by atoms with van der Waals surface area (Å²) in [5, 5.41) is 0.603. The second-order valence-corrected chi connectivity index (χ2v) is 7.21. The van der Waals surface area contributed by atoms with Crippen molar-refractivity contribution in [2.45, 2.75) is 48.4 Å². The van der Waals surface area contributed by atoms with Gasteiger partial charge in [0.1, 0.15) is 0 Å². The second kappa shape index (κ2) is 5.96. The number of aryl methyl sites for hydroxylation is 1. The first-order valence-electron chi connectivity index (χ1n) is 7.42. The van der Waals surface area contributed by atoms with E-state index in [-0.39, 0.29) is 5.60 Å². The molecule has 2 heterocycles. The van der Waals surface area contributed by atoms with E-state index in [1.54, 1.807) is 0 Å². The summed E-state index contributed by atoms with van der Waals surface area (Å²) in [5.74, 6) is 0. The molecule has 0 amide bonds. The molecule has 0 radical (unpaired) electrons. The van der Waals surface area contributed by atoms with E-state index in [9.17, 15) is 0 Å². The number of hydrogen-bond acceptors (Lipinski definition) is 4. The Morgan fingerprint density at radius 3 is 2.85 bits per heavy atom. The van der Waals surface area contributed by atoms with Gasteiger partial charge in [0.2, 0.25) is 0 Å². The van der Waals surface area contributed by atoms with E-state index in [1.807, 2.05) is 11.8 Å². The zero-order valence-electron chi connectivity index (χ0n) is 12.1. The van der Waals surface area contributed by atoms with Gasteiger partial charge in [-0.1, -0.05) is 12.1 Å². The van der Waals surface area contributed by atoms with Crippen molar-refractivity contribution >= 4 is 17.4 Å². The first kappa shape index (κ1) is 14.2. The van der Waals surface area contributed by atoms with Gasteiger partial charge < -0.3 is 15.2 Å². The van der Waals surface area contributed by atoms with Crippen LogP contribution in [-0.4, -0.2) is 30.7 Å². The molecule has 1 atom stereocenters. The summed E-state index contributed by atoms with van der Waals surface area (Å²) >= 11 is 1.93. The van der Waals surface area contributed by atoms with Crippen LogP contribution in [0.15, 0.2) is 23.1 Å². The molecule has 1 unspecified atom stereocenters. The van der Waals surface area contributed by atoms with Gasteiger partial charge in [-0.15, -0.1) is 11.8 Å². The van der Waals surface area contributed by atoms with Crippen LogP contribution >= 0.6 is 11.8 Å². The van der Waals surface area contributed by atoms with Crippen LogP contribution < -0.4 is 5.73 Å². The Labute approximate surface area is 125 Å². The molecular weight excluding hydrogens is 270 g/mol. The monoisotopic (exact) mass is 293 g/mol. The zero-order valence-corrected chi connectivity index (χ0v) is 12.9. The Bertz CT molecular complexity index is 466. The molecule has 1 aromatic rings. The number of rotatable bonds is 2. The predicted octanol–water partition coefficient (Wildman–Crippen LogP) is 3.40. The van der Waals surface area contributed by atoms with Gasteiger partial charge in [-0.2, -0.15) is 0 Å². The predicted molar refractivity (Wildman–Crippen MR) is 83.2 cm³/mol. The van der Waals surface area contributed by atoms with Gasteiger partial charge in [-0.05, 0) is 44.2 Å². The molecule has 2 aliphatic rings. The van der Waals surface area contributed by atoms with E-state index in [1.165, 1.54) is 10.5 Å². The average molecular weight is 293 g/mol. The van der Waals surface area contributed by atoms with Crippen LogP contribution in [-0.2, 0) is 9.47 Å². The molecule has 1 spiro atoms. The van der Waals surface area contributed by atoms with E-state index in [4.69, 9.17) is 15.2 Å². The average Bonchev–Trinajstić information content (AvgIpc) is 2.45. The normalized spacial score (nSPS) is 25.8. The highest BCUT2D eigenvalue weighted by Gasteiger charge is 2.39. The van der Waals surface area contributed by atoms with Crippen LogP contribution in [0.3, 0.4) is 0 Å². The molecule has 0 aliphatic carbocycles. The zero-order chi connectivity index (χ0) is 14.0. The minimum atomic E-state index is 0.0623. The van der Waals surface area contributed by atoms with Crippen LogP contribution in [0.1, 0.15) is 31.2 Å². The Balaban J connectivity index is 1.69. The molecule has 3 nitrogen and oxygen atoms in total. The van der Waals surface area contributed by atoms with Gasteiger partial charge in [0.25, 0.3) is 0 Å².